The highest BCUT2D eigenvalue weighted by molar-refractivity contribution is 6.39. The topological polar surface area (TPSA) is 81.2 Å². The van der Waals surface area contributed by atoms with Crippen molar-refractivity contribution in [2.45, 2.75) is 31.7 Å². The number of benzene rings is 2. The molecule has 172 valence electrons. The number of primary amides is 1. The number of nitrogens with zero attached hydrogens (tertiary/aromatic N) is 3. The molecule has 0 radical (unpaired) electrons. The van der Waals surface area contributed by atoms with Crippen molar-refractivity contribution in [3.8, 4) is 0 Å². The third-order valence-electron chi connectivity index (χ3n) is 6.53. The van der Waals surface area contributed by atoms with E-state index in [0.29, 0.717) is 11.1 Å². The molecule has 1 atom stereocenters. The second-order valence-electron chi connectivity index (χ2n) is 8.65. The molecule has 1 aliphatic heterocycles. The van der Waals surface area contributed by atoms with E-state index < -0.39 is 5.91 Å². The number of carbonyl (C=O) groups excluding carboxylic acids is 2. The normalized spacial score (nSPS) is 16.0. The number of aromatic nitrogens is 2. The maximum atomic E-state index is 13.3. The maximum Gasteiger partial charge on any atom is 0.263 e. The molecule has 0 saturated carbocycles. The minimum absolute atomic E-state index is 0.185. The molecule has 34 heavy (non-hydrogen) atoms. The summed E-state index contributed by atoms with van der Waals surface area (Å²) in [5.74, 6) is -0.886. The van der Waals surface area contributed by atoms with Gasteiger partial charge in [0.1, 0.15) is 0 Å². The largest absolute Gasteiger partial charge is 0.368 e. The van der Waals surface area contributed by atoms with Crippen molar-refractivity contribution in [3.63, 3.8) is 0 Å². The van der Waals surface area contributed by atoms with E-state index >= 15 is 0 Å². The molecular weight excluding hydrogens is 448 g/mol. The number of amides is 1. The fourth-order valence-electron chi connectivity index (χ4n) is 4.90. The Morgan fingerprint density at radius 2 is 1.91 bits per heavy atom. The molecule has 2 aromatic carbocycles. The van der Waals surface area contributed by atoms with Crippen molar-refractivity contribution in [2.75, 3.05) is 11.4 Å². The lowest BCUT2D eigenvalue weighted by Crippen LogP contribution is -2.41. The van der Waals surface area contributed by atoms with Gasteiger partial charge in [-0.3, -0.25) is 19.1 Å². The average molecular weight is 473 g/mol. The Morgan fingerprint density at radius 3 is 2.65 bits per heavy atom. The molecular formula is C27H25ClN4O2. The Labute approximate surface area is 203 Å². The van der Waals surface area contributed by atoms with Crippen LogP contribution in [0.2, 0.25) is 5.02 Å². The zero-order chi connectivity index (χ0) is 23.7. The molecule has 1 aliphatic rings. The summed E-state index contributed by atoms with van der Waals surface area (Å²) in [6.07, 6.45) is 8.97. The third kappa shape index (κ3) is 4.05. The van der Waals surface area contributed by atoms with E-state index in [4.69, 9.17) is 17.3 Å². The molecule has 6 nitrogen and oxygen atoms in total. The first-order valence-corrected chi connectivity index (χ1v) is 11.8. The molecule has 0 bridgehead atoms. The molecule has 1 fully saturated rings. The summed E-state index contributed by atoms with van der Waals surface area (Å²) in [6.45, 7) is 0.855. The first-order valence-electron chi connectivity index (χ1n) is 11.4. The van der Waals surface area contributed by atoms with Gasteiger partial charge in [-0.2, -0.15) is 0 Å². The number of anilines is 1. The minimum atomic E-state index is -0.619. The molecule has 0 spiro atoms. The highest BCUT2D eigenvalue weighted by atomic mass is 35.5. The predicted molar refractivity (Wildman–Crippen MR) is 135 cm³/mol. The molecule has 1 amide bonds. The number of halogens is 1. The summed E-state index contributed by atoms with van der Waals surface area (Å²) in [5, 5.41) is 1.01. The van der Waals surface area contributed by atoms with Crippen LogP contribution in [-0.2, 0) is 6.42 Å². The number of piperidine rings is 1. The van der Waals surface area contributed by atoms with Gasteiger partial charge in [0.25, 0.3) is 5.91 Å². The van der Waals surface area contributed by atoms with Gasteiger partial charge in [-0.1, -0.05) is 41.9 Å². The maximum absolute atomic E-state index is 13.3. The standard InChI is InChI=1S/C27H25ClN4O2/c28-24-22(26(29)33)16-23(31-13-5-4-10-20(31)15-18-7-2-1-3-8-18)21-11-14-32(25(21)24)27(34)19-9-6-12-30-17-19/h1-3,6-9,11-12,14,16-17,20H,4-5,10,13,15H2,(H2,29,33). The molecule has 1 unspecified atom stereocenters. The van der Waals surface area contributed by atoms with Crippen molar-refractivity contribution in [1.29, 1.82) is 0 Å². The van der Waals surface area contributed by atoms with Gasteiger partial charge in [-0.25, -0.2) is 0 Å². The molecule has 7 heteroatoms. The van der Waals surface area contributed by atoms with Crippen molar-refractivity contribution in [1.82, 2.24) is 9.55 Å². The van der Waals surface area contributed by atoms with Crippen LogP contribution in [-0.4, -0.2) is 34.0 Å². The highest BCUT2D eigenvalue weighted by Crippen LogP contribution is 2.39. The predicted octanol–water partition coefficient (Wildman–Crippen LogP) is 5.08. The molecule has 1 saturated heterocycles. The zero-order valence-corrected chi connectivity index (χ0v) is 19.4. The first kappa shape index (κ1) is 22.2. The molecule has 2 aromatic heterocycles. The van der Waals surface area contributed by atoms with E-state index in [9.17, 15) is 9.59 Å². The molecule has 2 N–H and O–H groups in total. The van der Waals surface area contributed by atoms with E-state index in [-0.39, 0.29) is 22.5 Å². The van der Waals surface area contributed by atoms with Crippen LogP contribution >= 0.6 is 11.6 Å². The SMILES string of the molecule is NC(=O)c1cc(N2CCCCC2Cc2ccccc2)c2ccn(C(=O)c3cccnc3)c2c1Cl. The summed E-state index contributed by atoms with van der Waals surface area (Å²) < 4.78 is 1.49. The fraction of sp³-hybridized carbons (Fsp3) is 0.222. The Balaban J connectivity index is 1.64. The second kappa shape index (κ2) is 9.31. The molecule has 4 aromatic rings. The van der Waals surface area contributed by atoms with Crippen molar-refractivity contribution in [3.05, 3.63) is 94.9 Å². The van der Waals surface area contributed by atoms with Gasteiger partial charge in [-0.05, 0) is 55.5 Å². The summed E-state index contributed by atoms with van der Waals surface area (Å²) in [4.78, 5) is 32.0. The Bertz CT molecular complexity index is 1350. The Kier molecular flexibility index (Phi) is 6.07. The Hall–Kier alpha value is -3.64. The van der Waals surface area contributed by atoms with Gasteiger partial charge in [-0.15, -0.1) is 0 Å². The van der Waals surface area contributed by atoms with E-state index in [1.165, 1.54) is 16.3 Å². The lowest BCUT2D eigenvalue weighted by molar-refractivity contribution is 0.0961. The van der Waals surface area contributed by atoms with Gasteiger partial charge in [0.2, 0.25) is 5.91 Å². The third-order valence-corrected chi connectivity index (χ3v) is 6.91. The van der Waals surface area contributed by atoms with Gasteiger partial charge < -0.3 is 10.6 Å². The van der Waals surface area contributed by atoms with E-state index in [1.807, 2.05) is 12.1 Å². The molecule has 5 rings (SSSR count). The number of fused-ring (bicyclic) bond motifs is 1. The quantitative estimate of drug-likeness (QED) is 0.439. The minimum Gasteiger partial charge on any atom is -0.368 e. The van der Waals surface area contributed by atoms with Crippen molar-refractivity contribution in [2.24, 2.45) is 5.73 Å². The summed E-state index contributed by atoms with van der Waals surface area (Å²) in [6, 6.07) is 17.8. The van der Waals surface area contributed by atoms with Gasteiger partial charge >= 0.3 is 0 Å². The first-order chi connectivity index (χ1) is 16.5. The van der Waals surface area contributed by atoms with Gasteiger partial charge in [0.15, 0.2) is 0 Å². The van der Waals surface area contributed by atoms with Gasteiger partial charge in [0, 0.05) is 42.3 Å². The van der Waals surface area contributed by atoms with Crippen LogP contribution in [0, 0.1) is 0 Å². The number of hydrogen-bond donors (Lipinski definition) is 1. The summed E-state index contributed by atoms with van der Waals surface area (Å²) >= 11 is 6.68. The number of carbonyl (C=O) groups is 2. The van der Waals surface area contributed by atoms with Crippen molar-refractivity contribution >= 4 is 40.0 Å². The lowest BCUT2D eigenvalue weighted by atomic mass is 9.94. The lowest BCUT2D eigenvalue weighted by Gasteiger charge is -2.38. The van der Waals surface area contributed by atoms with Crippen LogP contribution in [0.1, 0.15) is 45.5 Å². The second-order valence-corrected chi connectivity index (χ2v) is 9.03. The smallest absolute Gasteiger partial charge is 0.263 e. The van der Waals surface area contributed by atoms with E-state index in [1.54, 1.807) is 30.6 Å². The number of pyridine rings is 1. The Morgan fingerprint density at radius 1 is 1.09 bits per heavy atom. The van der Waals surface area contributed by atoms with Crippen LogP contribution in [0.25, 0.3) is 10.9 Å². The fourth-order valence-corrected chi connectivity index (χ4v) is 5.24. The highest BCUT2D eigenvalue weighted by Gasteiger charge is 2.28. The van der Waals surface area contributed by atoms with E-state index in [2.05, 4.69) is 34.1 Å². The van der Waals surface area contributed by atoms with Gasteiger partial charge in [0.05, 0.1) is 21.7 Å². The average Bonchev–Trinajstić information content (AvgIpc) is 3.31. The van der Waals surface area contributed by atoms with Crippen LogP contribution in [0.5, 0.6) is 0 Å². The molecule has 0 aliphatic carbocycles. The number of nitrogens with two attached hydrogens (primary N) is 1. The van der Waals surface area contributed by atoms with Crippen LogP contribution < -0.4 is 10.6 Å². The van der Waals surface area contributed by atoms with Crippen LogP contribution in [0.4, 0.5) is 5.69 Å². The van der Waals surface area contributed by atoms with Crippen LogP contribution in [0.3, 0.4) is 0 Å². The van der Waals surface area contributed by atoms with E-state index in [0.717, 1.165) is 43.3 Å². The number of rotatable bonds is 5. The van der Waals surface area contributed by atoms with Crippen LogP contribution in [0.15, 0.2) is 73.2 Å². The zero-order valence-electron chi connectivity index (χ0n) is 18.7. The van der Waals surface area contributed by atoms with Crippen molar-refractivity contribution < 1.29 is 9.59 Å². The number of hydrogen-bond acceptors (Lipinski definition) is 4. The molecule has 3 heterocycles. The summed E-state index contributed by atoms with van der Waals surface area (Å²) in [7, 11) is 0. The monoisotopic (exact) mass is 472 g/mol. The summed E-state index contributed by atoms with van der Waals surface area (Å²) in [5.41, 5.74) is 9.01.